The second-order valence-corrected chi connectivity index (χ2v) is 3.67. The lowest BCUT2D eigenvalue weighted by atomic mass is 10.2. The van der Waals surface area contributed by atoms with Gasteiger partial charge >= 0.3 is 0 Å². The van der Waals surface area contributed by atoms with Gasteiger partial charge in [0.05, 0.1) is 5.56 Å². The summed E-state index contributed by atoms with van der Waals surface area (Å²) in [5.41, 5.74) is 0.0115. The Hall–Kier alpha value is -2.35. The van der Waals surface area contributed by atoms with Crippen LogP contribution in [0.3, 0.4) is 0 Å². The number of ether oxygens (including phenoxy) is 1. The Labute approximate surface area is 104 Å². The van der Waals surface area contributed by atoms with Gasteiger partial charge in [0.15, 0.2) is 0 Å². The van der Waals surface area contributed by atoms with E-state index in [9.17, 15) is 4.39 Å². The first-order valence-electron chi connectivity index (χ1n) is 5.57. The number of imidazole rings is 1. The minimum Gasteiger partial charge on any atom is -0.486 e. The third-order valence-corrected chi connectivity index (χ3v) is 2.57. The molecule has 1 heterocycles. The molecule has 0 radical (unpaired) electrons. The normalized spacial score (nSPS) is 10.1. The van der Waals surface area contributed by atoms with Crippen LogP contribution in [0.15, 0.2) is 30.6 Å². The third-order valence-electron chi connectivity index (χ3n) is 2.57. The van der Waals surface area contributed by atoms with Crippen molar-refractivity contribution in [2.45, 2.75) is 20.1 Å². The first-order valence-corrected chi connectivity index (χ1v) is 5.57. The van der Waals surface area contributed by atoms with E-state index < -0.39 is 5.82 Å². The van der Waals surface area contributed by atoms with Crippen LogP contribution in [0.2, 0.25) is 0 Å². The van der Waals surface area contributed by atoms with E-state index in [1.807, 2.05) is 17.7 Å². The summed E-state index contributed by atoms with van der Waals surface area (Å²) in [5, 5.41) is 8.61. The fourth-order valence-corrected chi connectivity index (χ4v) is 1.59. The number of halogens is 1. The van der Waals surface area contributed by atoms with E-state index in [4.69, 9.17) is 10.00 Å². The van der Waals surface area contributed by atoms with Crippen LogP contribution in [-0.4, -0.2) is 9.55 Å². The number of aryl methyl sites for hydroxylation is 1. The molecular formula is C13H12FN3O. The van der Waals surface area contributed by atoms with Crippen molar-refractivity contribution in [3.8, 4) is 11.8 Å². The predicted molar refractivity (Wildman–Crippen MR) is 63.3 cm³/mol. The maximum absolute atomic E-state index is 13.3. The zero-order valence-corrected chi connectivity index (χ0v) is 9.93. The van der Waals surface area contributed by atoms with Gasteiger partial charge in [-0.2, -0.15) is 5.26 Å². The van der Waals surface area contributed by atoms with Gasteiger partial charge in [0.2, 0.25) is 0 Å². The number of nitrogens with zero attached hydrogens (tertiary/aromatic N) is 3. The fourth-order valence-electron chi connectivity index (χ4n) is 1.59. The summed E-state index contributed by atoms with van der Waals surface area (Å²) in [5.74, 6) is 0.591. The molecule has 18 heavy (non-hydrogen) atoms. The molecule has 0 aliphatic heterocycles. The lowest BCUT2D eigenvalue weighted by Crippen LogP contribution is -2.05. The van der Waals surface area contributed by atoms with Gasteiger partial charge in [-0.1, -0.05) is 0 Å². The van der Waals surface area contributed by atoms with Crippen LogP contribution in [0.5, 0.6) is 5.75 Å². The molecule has 4 nitrogen and oxygen atoms in total. The predicted octanol–water partition coefficient (Wildman–Crippen LogP) is 2.49. The van der Waals surface area contributed by atoms with Gasteiger partial charge in [0, 0.05) is 25.0 Å². The summed E-state index contributed by atoms with van der Waals surface area (Å²) in [6, 6.07) is 5.94. The van der Waals surface area contributed by atoms with E-state index in [0.717, 1.165) is 12.4 Å². The van der Waals surface area contributed by atoms with Gasteiger partial charge in [-0.25, -0.2) is 9.37 Å². The van der Waals surface area contributed by atoms with Crippen molar-refractivity contribution in [1.82, 2.24) is 9.55 Å². The molecule has 2 rings (SSSR count). The van der Waals surface area contributed by atoms with Crippen LogP contribution < -0.4 is 4.74 Å². The van der Waals surface area contributed by atoms with Gasteiger partial charge < -0.3 is 9.30 Å². The smallest absolute Gasteiger partial charge is 0.146 e. The quantitative estimate of drug-likeness (QED) is 0.831. The third kappa shape index (κ3) is 2.48. The average molecular weight is 245 g/mol. The van der Waals surface area contributed by atoms with E-state index in [1.54, 1.807) is 18.3 Å². The molecule has 0 unspecified atom stereocenters. The molecule has 0 atom stereocenters. The zero-order chi connectivity index (χ0) is 13.0. The summed E-state index contributed by atoms with van der Waals surface area (Å²) in [6.07, 6.45) is 3.56. The molecule has 1 aromatic carbocycles. The molecule has 1 aromatic heterocycles. The SMILES string of the molecule is CCn1ccnc1COc1ccc(C#N)c(F)c1. The van der Waals surface area contributed by atoms with Crippen LogP contribution in [0.1, 0.15) is 18.3 Å². The molecule has 0 spiro atoms. The Morgan fingerprint density at radius 1 is 1.50 bits per heavy atom. The molecule has 5 heteroatoms. The van der Waals surface area contributed by atoms with Crippen LogP contribution in [0, 0.1) is 17.1 Å². The molecule has 0 aliphatic rings. The lowest BCUT2D eigenvalue weighted by Gasteiger charge is -2.07. The van der Waals surface area contributed by atoms with Crippen molar-refractivity contribution in [1.29, 1.82) is 5.26 Å². The van der Waals surface area contributed by atoms with E-state index >= 15 is 0 Å². The second-order valence-electron chi connectivity index (χ2n) is 3.67. The first-order chi connectivity index (χ1) is 8.74. The second kappa shape index (κ2) is 5.32. The summed E-state index contributed by atoms with van der Waals surface area (Å²) in [7, 11) is 0. The minimum absolute atomic E-state index is 0.0115. The van der Waals surface area contributed by atoms with Crippen molar-refractivity contribution < 1.29 is 9.13 Å². The van der Waals surface area contributed by atoms with Crippen molar-refractivity contribution in [2.75, 3.05) is 0 Å². The highest BCUT2D eigenvalue weighted by molar-refractivity contribution is 5.36. The zero-order valence-electron chi connectivity index (χ0n) is 9.93. The standard InChI is InChI=1S/C13H12FN3O/c1-2-17-6-5-16-13(17)9-18-11-4-3-10(8-15)12(14)7-11/h3-7H,2,9H2,1H3. The van der Waals surface area contributed by atoms with Crippen molar-refractivity contribution in [2.24, 2.45) is 0 Å². The molecule has 0 amide bonds. The molecule has 2 aromatic rings. The number of hydrogen-bond acceptors (Lipinski definition) is 3. The Bertz CT molecular complexity index is 586. The van der Waals surface area contributed by atoms with Gasteiger partial charge in [0.1, 0.15) is 30.1 Å². The van der Waals surface area contributed by atoms with Crippen LogP contribution in [-0.2, 0) is 13.2 Å². The Kier molecular flexibility index (Phi) is 3.58. The topological polar surface area (TPSA) is 50.8 Å². The average Bonchev–Trinajstić information content (AvgIpc) is 2.84. The van der Waals surface area contributed by atoms with Crippen molar-refractivity contribution in [3.05, 3.63) is 47.8 Å². The number of rotatable bonds is 4. The number of nitriles is 1. The lowest BCUT2D eigenvalue weighted by molar-refractivity contribution is 0.288. The monoisotopic (exact) mass is 245 g/mol. The number of hydrogen-bond donors (Lipinski definition) is 0. The van der Waals surface area contributed by atoms with E-state index in [2.05, 4.69) is 4.98 Å². The largest absolute Gasteiger partial charge is 0.486 e. The fraction of sp³-hybridized carbons (Fsp3) is 0.231. The molecule has 0 aliphatic carbocycles. The molecule has 92 valence electrons. The van der Waals surface area contributed by atoms with Gasteiger partial charge in [-0.15, -0.1) is 0 Å². The van der Waals surface area contributed by atoms with Gasteiger partial charge in [0.25, 0.3) is 0 Å². The van der Waals surface area contributed by atoms with Gasteiger partial charge in [-0.05, 0) is 19.1 Å². The molecular weight excluding hydrogens is 233 g/mol. The summed E-state index contributed by atoms with van der Waals surface area (Å²) in [4.78, 5) is 4.15. The molecule has 0 saturated carbocycles. The van der Waals surface area contributed by atoms with Crippen molar-refractivity contribution in [3.63, 3.8) is 0 Å². The number of benzene rings is 1. The highest BCUT2D eigenvalue weighted by Gasteiger charge is 2.05. The van der Waals surface area contributed by atoms with Gasteiger partial charge in [-0.3, -0.25) is 0 Å². The Morgan fingerprint density at radius 3 is 3.00 bits per heavy atom. The maximum Gasteiger partial charge on any atom is 0.146 e. The van der Waals surface area contributed by atoms with Crippen LogP contribution >= 0.6 is 0 Å². The first kappa shape index (κ1) is 12.1. The maximum atomic E-state index is 13.3. The van der Waals surface area contributed by atoms with E-state index in [1.165, 1.54) is 12.1 Å². The number of aromatic nitrogens is 2. The Morgan fingerprint density at radius 2 is 2.33 bits per heavy atom. The molecule has 0 bridgehead atoms. The molecule has 0 saturated heterocycles. The van der Waals surface area contributed by atoms with Crippen LogP contribution in [0.4, 0.5) is 4.39 Å². The Balaban J connectivity index is 2.07. The summed E-state index contributed by atoms with van der Waals surface area (Å²) < 4.78 is 20.7. The molecule has 0 N–H and O–H groups in total. The van der Waals surface area contributed by atoms with E-state index in [0.29, 0.717) is 5.75 Å². The van der Waals surface area contributed by atoms with E-state index in [-0.39, 0.29) is 12.2 Å². The highest BCUT2D eigenvalue weighted by atomic mass is 19.1. The van der Waals surface area contributed by atoms with Crippen molar-refractivity contribution >= 4 is 0 Å². The minimum atomic E-state index is -0.575. The van der Waals surface area contributed by atoms with Crippen LogP contribution in [0.25, 0.3) is 0 Å². The highest BCUT2D eigenvalue weighted by Crippen LogP contribution is 2.17. The summed E-state index contributed by atoms with van der Waals surface area (Å²) in [6.45, 7) is 3.08. The molecule has 0 fully saturated rings. The summed E-state index contributed by atoms with van der Waals surface area (Å²) >= 11 is 0.